The van der Waals surface area contributed by atoms with Gasteiger partial charge in [-0.1, -0.05) is 81.4 Å². The van der Waals surface area contributed by atoms with Gasteiger partial charge in [-0.3, -0.25) is 9.59 Å². The zero-order valence-electron chi connectivity index (χ0n) is 19.2. The fraction of sp³-hybridized carbons (Fsp3) is 0.360. The molecule has 3 rings (SSSR count). The second kappa shape index (κ2) is 9.64. The zero-order valence-corrected chi connectivity index (χ0v) is 21.0. The van der Waals surface area contributed by atoms with Gasteiger partial charge in [-0.2, -0.15) is 0 Å². The Morgan fingerprint density at radius 1 is 1.00 bits per heavy atom. The maximum atomic E-state index is 13.0. The van der Waals surface area contributed by atoms with Crippen LogP contribution in [0, 0.1) is 0 Å². The van der Waals surface area contributed by atoms with Gasteiger partial charge in [0.15, 0.2) is 4.75 Å². The number of hydrogen-bond acceptors (Lipinski definition) is 6. The number of esters is 2. The minimum Gasteiger partial charge on any atom is -0.468 e. The van der Waals surface area contributed by atoms with Crippen molar-refractivity contribution in [2.45, 2.75) is 43.6 Å². The molecule has 7 heteroatoms. The first-order chi connectivity index (χ1) is 15.2. The molecule has 0 amide bonds. The Bertz CT molecular complexity index is 931. The Balaban J connectivity index is 2.12. The number of hydrogen-bond donors (Lipinski definition) is 0. The highest BCUT2D eigenvalue weighted by Crippen LogP contribution is 2.43. The van der Waals surface area contributed by atoms with Gasteiger partial charge in [-0.15, -0.1) is 11.8 Å². The van der Waals surface area contributed by atoms with Gasteiger partial charge in [-0.25, -0.2) is 0 Å². The summed E-state index contributed by atoms with van der Waals surface area (Å²) >= 11 is 1.28. The van der Waals surface area contributed by atoms with Crippen LogP contribution in [-0.4, -0.2) is 44.8 Å². The number of thioether (sulfide) groups is 1. The summed E-state index contributed by atoms with van der Waals surface area (Å²) in [6.07, 6.45) is 0.952. The minimum absolute atomic E-state index is 0.0442. The van der Waals surface area contributed by atoms with Crippen LogP contribution in [0.5, 0.6) is 0 Å². The van der Waals surface area contributed by atoms with E-state index in [1.807, 2.05) is 36.4 Å². The van der Waals surface area contributed by atoms with Crippen molar-refractivity contribution < 1.29 is 23.5 Å². The van der Waals surface area contributed by atoms with Crippen molar-refractivity contribution in [1.82, 2.24) is 0 Å². The summed E-state index contributed by atoms with van der Waals surface area (Å²) in [5.41, 5.74) is 0. The molecule has 2 aromatic rings. The van der Waals surface area contributed by atoms with Crippen molar-refractivity contribution in [3.05, 3.63) is 72.1 Å². The highest BCUT2D eigenvalue weighted by atomic mass is 32.2. The lowest BCUT2D eigenvalue weighted by Gasteiger charge is -2.45. The van der Waals surface area contributed by atoms with Crippen LogP contribution >= 0.6 is 11.8 Å². The molecule has 2 atom stereocenters. The van der Waals surface area contributed by atoms with Crippen LogP contribution in [0.15, 0.2) is 72.1 Å². The van der Waals surface area contributed by atoms with Crippen molar-refractivity contribution in [3.8, 4) is 0 Å². The molecule has 0 radical (unpaired) electrons. The highest BCUT2D eigenvalue weighted by molar-refractivity contribution is 8.04. The first kappa shape index (κ1) is 24.3. The minimum atomic E-state index is -2.88. The van der Waals surface area contributed by atoms with Gasteiger partial charge in [0.2, 0.25) is 0 Å². The van der Waals surface area contributed by atoms with E-state index in [1.54, 1.807) is 11.5 Å². The van der Waals surface area contributed by atoms with Crippen molar-refractivity contribution in [2.24, 2.45) is 0 Å². The summed E-state index contributed by atoms with van der Waals surface area (Å²) in [5, 5.41) is 3.75. The normalized spacial score (nSPS) is 20.7. The lowest BCUT2D eigenvalue weighted by Crippen LogP contribution is -2.68. The molecule has 1 aliphatic heterocycles. The molecule has 0 aromatic heterocycles. The third kappa shape index (κ3) is 4.42. The lowest BCUT2D eigenvalue weighted by atomic mass is 10.0. The second-order valence-corrected chi connectivity index (χ2v) is 14.4. The van der Waals surface area contributed by atoms with Crippen molar-refractivity contribution in [1.29, 1.82) is 0 Å². The molecule has 5 nitrogen and oxygen atoms in total. The Hall–Kier alpha value is -2.35. The smallest absolute Gasteiger partial charge is 0.328 e. The van der Waals surface area contributed by atoms with E-state index in [-0.39, 0.29) is 11.6 Å². The average Bonchev–Trinajstić information content (AvgIpc) is 3.17. The molecule has 2 aromatic carbocycles. The summed E-state index contributed by atoms with van der Waals surface area (Å²) < 4.78 is 16.4. The number of rotatable bonds is 7. The van der Waals surface area contributed by atoms with Crippen LogP contribution in [-0.2, 0) is 23.5 Å². The molecule has 1 aliphatic rings. The Morgan fingerprint density at radius 2 is 1.53 bits per heavy atom. The molecule has 0 N–H and O–H groups in total. The third-order valence-corrected chi connectivity index (χ3v) is 11.9. The van der Waals surface area contributed by atoms with Crippen molar-refractivity contribution in [3.63, 3.8) is 0 Å². The van der Waals surface area contributed by atoms with E-state index in [1.165, 1.54) is 25.8 Å². The van der Waals surface area contributed by atoms with Gasteiger partial charge < -0.3 is 13.9 Å². The summed E-state index contributed by atoms with van der Waals surface area (Å²) in [6, 6.07) is 20.4. The molecule has 0 saturated heterocycles. The lowest BCUT2D eigenvalue weighted by molar-refractivity contribution is -0.154. The first-order valence-electron chi connectivity index (χ1n) is 10.5. The summed E-state index contributed by atoms with van der Waals surface area (Å²) in [6.45, 7) is 7.90. The summed E-state index contributed by atoms with van der Waals surface area (Å²) in [7, 11) is -1.54. The molecule has 0 bridgehead atoms. The van der Waals surface area contributed by atoms with Crippen molar-refractivity contribution in [2.75, 3.05) is 13.7 Å². The van der Waals surface area contributed by atoms with Gasteiger partial charge in [0.25, 0.3) is 8.32 Å². The van der Waals surface area contributed by atoms with Crippen LogP contribution in [0.3, 0.4) is 0 Å². The van der Waals surface area contributed by atoms with E-state index < -0.39 is 31.1 Å². The molecule has 170 valence electrons. The molecular formula is C25H30O5SSi. The van der Waals surface area contributed by atoms with Gasteiger partial charge in [-0.05, 0) is 26.9 Å². The fourth-order valence-electron chi connectivity index (χ4n) is 4.26. The van der Waals surface area contributed by atoms with Gasteiger partial charge in [0.05, 0.1) is 13.7 Å². The molecule has 0 spiro atoms. The predicted molar refractivity (Wildman–Crippen MR) is 131 cm³/mol. The van der Waals surface area contributed by atoms with Crippen LogP contribution in [0.1, 0.15) is 27.7 Å². The average molecular weight is 471 g/mol. The molecule has 0 fully saturated rings. The van der Waals surface area contributed by atoms with E-state index in [0.29, 0.717) is 0 Å². The zero-order chi connectivity index (χ0) is 23.4. The third-order valence-electron chi connectivity index (χ3n) is 5.74. The van der Waals surface area contributed by atoms with Gasteiger partial charge in [0.1, 0.15) is 6.10 Å². The highest BCUT2D eigenvalue weighted by Gasteiger charge is 2.56. The number of carbonyl (C=O) groups is 2. The number of methoxy groups -OCH3 is 1. The first-order valence-corrected chi connectivity index (χ1v) is 13.3. The van der Waals surface area contributed by atoms with Crippen LogP contribution < -0.4 is 10.4 Å². The number of benzene rings is 2. The Labute approximate surface area is 195 Å². The molecular weight excluding hydrogens is 440 g/mol. The van der Waals surface area contributed by atoms with Crippen LogP contribution in [0.4, 0.5) is 0 Å². The Morgan fingerprint density at radius 3 is 1.97 bits per heavy atom. The maximum Gasteiger partial charge on any atom is 0.328 e. The van der Waals surface area contributed by atoms with E-state index in [0.717, 1.165) is 10.4 Å². The predicted octanol–water partition coefficient (Wildman–Crippen LogP) is 3.67. The monoisotopic (exact) mass is 470 g/mol. The van der Waals surface area contributed by atoms with E-state index in [2.05, 4.69) is 45.0 Å². The second-order valence-electron chi connectivity index (χ2n) is 8.81. The Kier molecular flexibility index (Phi) is 7.32. The molecule has 32 heavy (non-hydrogen) atoms. The van der Waals surface area contributed by atoms with Crippen molar-refractivity contribution >= 4 is 42.4 Å². The summed E-state index contributed by atoms with van der Waals surface area (Å²) in [4.78, 5) is 24.8. The SMILES string of the molecule is COC(=O)[C@]1(CO[Si](c2ccccc2)(c2ccccc2)C(C)(C)C)SC=C[C@H]1OC(C)=O. The number of ether oxygens (including phenoxy) is 2. The molecule has 0 unspecified atom stereocenters. The molecule has 0 saturated carbocycles. The molecule has 1 heterocycles. The standard InChI is InChI=1S/C25H30O5SSi/c1-19(26)30-22-16-17-31-25(22,23(27)28-5)18-29-32(24(2,3)4,20-12-8-6-9-13-20)21-14-10-7-11-15-21/h6-17,22H,18H2,1-5H3/t22-,25-/m1/s1. The largest absolute Gasteiger partial charge is 0.468 e. The van der Waals surface area contributed by atoms with E-state index >= 15 is 0 Å². The van der Waals surface area contributed by atoms with Gasteiger partial charge in [0, 0.05) is 6.92 Å². The maximum absolute atomic E-state index is 13.0. The van der Waals surface area contributed by atoms with E-state index in [4.69, 9.17) is 13.9 Å². The summed E-state index contributed by atoms with van der Waals surface area (Å²) in [5.74, 6) is -0.933. The topological polar surface area (TPSA) is 61.8 Å². The van der Waals surface area contributed by atoms with Crippen LogP contribution in [0.2, 0.25) is 5.04 Å². The van der Waals surface area contributed by atoms with Crippen LogP contribution in [0.25, 0.3) is 0 Å². The number of carbonyl (C=O) groups excluding carboxylic acids is 2. The molecule has 0 aliphatic carbocycles. The van der Waals surface area contributed by atoms with E-state index in [9.17, 15) is 9.59 Å². The van der Waals surface area contributed by atoms with Gasteiger partial charge >= 0.3 is 11.9 Å². The fourth-order valence-corrected chi connectivity index (χ4v) is 9.99. The quantitative estimate of drug-likeness (QED) is 0.455.